The Labute approximate surface area is 104 Å². The Hall–Kier alpha value is -0.120. The van der Waals surface area contributed by atoms with Crippen molar-refractivity contribution in [2.24, 2.45) is 17.8 Å². The zero-order valence-corrected chi connectivity index (χ0v) is 10.8. The van der Waals surface area contributed by atoms with Gasteiger partial charge in [0.25, 0.3) is 0 Å². The van der Waals surface area contributed by atoms with Crippen LogP contribution in [0, 0.1) is 17.8 Å². The van der Waals surface area contributed by atoms with Crippen molar-refractivity contribution in [2.75, 3.05) is 13.2 Å². The average Bonchev–Trinajstić information content (AvgIpc) is 2.31. The standard InChI is InChI=1S/C14H26O3/c1-2-3-4-17-14-11-5-10(6-12(14)9-15)7-13(16)8-11/h10-16H,2-9H2,1H3. The molecule has 2 saturated carbocycles. The van der Waals surface area contributed by atoms with Crippen molar-refractivity contribution in [1.29, 1.82) is 0 Å². The number of aliphatic hydroxyl groups is 2. The summed E-state index contributed by atoms with van der Waals surface area (Å²) in [6.07, 6.45) is 6.28. The number of rotatable bonds is 5. The van der Waals surface area contributed by atoms with Gasteiger partial charge in [-0.05, 0) is 43.9 Å². The van der Waals surface area contributed by atoms with Crippen molar-refractivity contribution in [3.05, 3.63) is 0 Å². The SMILES string of the molecule is CCCCOC1C(CO)CC2CC(O)CC1C2. The molecule has 0 aromatic carbocycles. The fourth-order valence-corrected chi connectivity index (χ4v) is 3.67. The van der Waals surface area contributed by atoms with Crippen LogP contribution in [0.3, 0.4) is 0 Å². The van der Waals surface area contributed by atoms with Crippen molar-refractivity contribution in [2.45, 2.75) is 57.7 Å². The predicted molar refractivity (Wildman–Crippen MR) is 66.7 cm³/mol. The van der Waals surface area contributed by atoms with Crippen LogP contribution < -0.4 is 0 Å². The first kappa shape index (κ1) is 13.3. The lowest BCUT2D eigenvalue weighted by molar-refractivity contribution is -0.109. The average molecular weight is 242 g/mol. The van der Waals surface area contributed by atoms with Crippen molar-refractivity contribution in [3.63, 3.8) is 0 Å². The molecule has 0 aliphatic heterocycles. The highest BCUT2D eigenvalue weighted by atomic mass is 16.5. The van der Waals surface area contributed by atoms with Crippen LogP contribution in [-0.4, -0.2) is 35.6 Å². The first-order valence-corrected chi connectivity index (χ1v) is 7.15. The number of hydrogen-bond acceptors (Lipinski definition) is 3. The van der Waals surface area contributed by atoms with Gasteiger partial charge in [0, 0.05) is 19.1 Å². The smallest absolute Gasteiger partial charge is 0.0654 e. The number of fused-ring (bicyclic) bond motifs is 2. The number of hydrogen-bond donors (Lipinski definition) is 2. The molecule has 0 saturated heterocycles. The third kappa shape index (κ3) is 3.21. The molecule has 3 nitrogen and oxygen atoms in total. The van der Waals surface area contributed by atoms with E-state index in [2.05, 4.69) is 6.92 Å². The van der Waals surface area contributed by atoms with E-state index in [1.54, 1.807) is 0 Å². The Kier molecular flexibility index (Phi) is 4.83. The van der Waals surface area contributed by atoms with Crippen molar-refractivity contribution in [1.82, 2.24) is 0 Å². The lowest BCUT2D eigenvalue weighted by Gasteiger charge is -2.46. The van der Waals surface area contributed by atoms with Crippen LogP contribution in [0.4, 0.5) is 0 Å². The van der Waals surface area contributed by atoms with E-state index in [-0.39, 0.29) is 18.8 Å². The Morgan fingerprint density at radius 2 is 2.00 bits per heavy atom. The molecule has 2 N–H and O–H groups in total. The second kappa shape index (κ2) is 6.17. The summed E-state index contributed by atoms with van der Waals surface area (Å²) in [4.78, 5) is 0. The van der Waals surface area contributed by atoms with E-state index in [0.717, 1.165) is 38.7 Å². The Morgan fingerprint density at radius 3 is 2.71 bits per heavy atom. The molecule has 2 aliphatic carbocycles. The monoisotopic (exact) mass is 242 g/mol. The van der Waals surface area contributed by atoms with Gasteiger partial charge in [0.15, 0.2) is 0 Å². The topological polar surface area (TPSA) is 49.7 Å². The fraction of sp³-hybridized carbons (Fsp3) is 1.00. The van der Waals surface area contributed by atoms with Crippen molar-refractivity contribution < 1.29 is 14.9 Å². The van der Waals surface area contributed by atoms with E-state index >= 15 is 0 Å². The molecule has 5 atom stereocenters. The largest absolute Gasteiger partial charge is 0.396 e. The van der Waals surface area contributed by atoms with Crippen molar-refractivity contribution >= 4 is 0 Å². The molecule has 2 bridgehead atoms. The molecule has 2 fully saturated rings. The maximum absolute atomic E-state index is 9.85. The van der Waals surface area contributed by atoms with E-state index in [1.165, 1.54) is 6.42 Å². The lowest BCUT2D eigenvalue weighted by Crippen LogP contribution is -2.46. The van der Waals surface area contributed by atoms with E-state index < -0.39 is 0 Å². The highest BCUT2D eigenvalue weighted by Crippen LogP contribution is 2.44. The molecule has 0 heterocycles. The van der Waals surface area contributed by atoms with Gasteiger partial charge in [-0.25, -0.2) is 0 Å². The van der Waals surface area contributed by atoms with Crippen LogP contribution in [0.1, 0.15) is 45.4 Å². The molecular weight excluding hydrogens is 216 g/mol. The molecule has 3 heteroatoms. The molecule has 0 aromatic heterocycles. The highest BCUT2D eigenvalue weighted by molar-refractivity contribution is 4.92. The number of unbranched alkanes of at least 4 members (excludes halogenated alkanes) is 1. The minimum Gasteiger partial charge on any atom is -0.396 e. The van der Waals surface area contributed by atoms with Gasteiger partial charge < -0.3 is 14.9 Å². The van der Waals surface area contributed by atoms with Crippen molar-refractivity contribution in [3.8, 4) is 0 Å². The first-order valence-electron chi connectivity index (χ1n) is 7.15. The van der Waals surface area contributed by atoms with Gasteiger partial charge in [-0.2, -0.15) is 0 Å². The van der Waals surface area contributed by atoms with Crippen LogP contribution in [0.5, 0.6) is 0 Å². The minimum atomic E-state index is -0.143. The van der Waals surface area contributed by atoms with E-state index in [1.807, 2.05) is 0 Å². The summed E-state index contributed by atoms with van der Waals surface area (Å²) in [6.45, 7) is 3.20. The summed E-state index contributed by atoms with van der Waals surface area (Å²) < 4.78 is 5.99. The van der Waals surface area contributed by atoms with Crippen LogP contribution >= 0.6 is 0 Å². The van der Waals surface area contributed by atoms with E-state index in [0.29, 0.717) is 17.8 Å². The van der Waals surface area contributed by atoms with Gasteiger partial charge >= 0.3 is 0 Å². The van der Waals surface area contributed by atoms with Gasteiger partial charge in [0.2, 0.25) is 0 Å². The molecule has 17 heavy (non-hydrogen) atoms. The third-order valence-corrected chi connectivity index (χ3v) is 4.42. The summed E-state index contributed by atoms with van der Waals surface area (Å²) >= 11 is 0. The summed E-state index contributed by atoms with van der Waals surface area (Å²) in [5, 5.41) is 19.3. The molecule has 2 rings (SSSR count). The van der Waals surface area contributed by atoms with Gasteiger partial charge in [-0.1, -0.05) is 13.3 Å². The quantitative estimate of drug-likeness (QED) is 0.725. The van der Waals surface area contributed by atoms with E-state index in [9.17, 15) is 10.2 Å². The zero-order valence-electron chi connectivity index (χ0n) is 10.8. The molecule has 5 unspecified atom stereocenters. The second-order valence-electron chi connectivity index (χ2n) is 5.85. The molecule has 0 radical (unpaired) electrons. The molecule has 0 aromatic rings. The maximum Gasteiger partial charge on any atom is 0.0654 e. The van der Waals surface area contributed by atoms with Crippen LogP contribution in [0.2, 0.25) is 0 Å². The molecular formula is C14H26O3. The second-order valence-corrected chi connectivity index (χ2v) is 5.85. The zero-order chi connectivity index (χ0) is 12.3. The third-order valence-electron chi connectivity index (χ3n) is 4.42. The minimum absolute atomic E-state index is 0.143. The fourth-order valence-electron chi connectivity index (χ4n) is 3.67. The van der Waals surface area contributed by atoms with Gasteiger partial charge in [0.1, 0.15) is 0 Å². The molecule has 0 amide bonds. The summed E-state index contributed by atoms with van der Waals surface area (Å²) in [6, 6.07) is 0. The maximum atomic E-state index is 9.85. The predicted octanol–water partition coefficient (Wildman–Crippen LogP) is 1.96. The molecule has 100 valence electrons. The van der Waals surface area contributed by atoms with Crippen LogP contribution in [0.25, 0.3) is 0 Å². The van der Waals surface area contributed by atoms with E-state index in [4.69, 9.17) is 4.74 Å². The van der Waals surface area contributed by atoms with Gasteiger partial charge in [-0.15, -0.1) is 0 Å². The first-order chi connectivity index (χ1) is 8.24. The van der Waals surface area contributed by atoms with Gasteiger partial charge in [0.05, 0.1) is 12.2 Å². The number of ether oxygens (including phenoxy) is 1. The summed E-state index contributed by atoms with van der Waals surface area (Å²) in [5.41, 5.74) is 0. The summed E-state index contributed by atoms with van der Waals surface area (Å²) in [7, 11) is 0. The Morgan fingerprint density at radius 1 is 1.18 bits per heavy atom. The molecule has 2 aliphatic rings. The van der Waals surface area contributed by atoms with Gasteiger partial charge in [-0.3, -0.25) is 0 Å². The number of aliphatic hydroxyl groups excluding tert-OH is 2. The normalized spacial score (nSPS) is 41.5. The van der Waals surface area contributed by atoms with Crippen LogP contribution in [-0.2, 0) is 4.74 Å². The van der Waals surface area contributed by atoms with Crippen LogP contribution in [0.15, 0.2) is 0 Å². The highest BCUT2D eigenvalue weighted by Gasteiger charge is 2.42. The Bertz CT molecular complexity index is 230. The summed E-state index contributed by atoms with van der Waals surface area (Å²) in [5.74, 6) is 1.36. The molecule has 0 spiro atoms. The Balaban J connectivity index is 1.94. The lowest BCUT2D eigenvalue weighted by atomic mass is 9.65.